The minimum atomic E-state index is -0.0748. The lowest BCUT2D eigenvalue weighted by atomic mass is 9.94. The van der Waals surface area contributed by atoms with Gasteiger partial charge in [0.05, 0.1) is 12.5 Å². The fourth-order valence-corrected chi connectivity index (χ4v) is 3.97. The Hall–Kier alpha value is -2.74. The van der Waals surface area contributed by atoms with Crippen molar-refractivity contribution in [3.8, 4) is 11.5 Å². The maximum atomic E-state index is 12.8. The van der Waals surface area contributed by atoms with Gasteiger partial charge in [0.25, 0.3) is 5.89 Å². The van der Waals surface area contributed by atoms with E-state index in [0.717, 1.165) is 24.9 Å². The number of carbonyl (C=O) groups is 2. The number of nitrogens with zero attached hydrogens (tertiary/aromatic N) is 5. The van der Waals surface area contributed by atoms with Crippen LogP contribution in [0.15, 0.2) is 34.9 Å². The van der Waals surface area contributed by atoms with E-state index in [1.54, 1.807) is 19.0 Å². The van der Waals surface area contributed by atoms with Crippen molar-refractivity contribution in [2.75, 3.05) is 33.7 Å². The summed E-state index contributed by atoms with van der Waals surface area (Å²) in [6.07, 6.45) is 1.79. The lowest BCUT2D eigenvalue weighted by molar-refractivity contribution is -0.145. The minimum absolute atomic E-state index is 0.0434. The number of hydrogen-bond donors (Lipinski definition) is 0. The molecule has 8 nitrogen and oxygen atoms in total. The first-order valence-corrected chi connectivity index (χ1v) is 9.62. The average molecular weight is 383 g/mol. The topological polar surface area (TPSA) is 82.8 Å². The van der Waals surface area contributed by atoms with Gasteiger partial charge in [-0.2, -0.15) is 4.98 Å². The highest BCUT2D eigenvalue weighted by Crippen LogP contribution is 2.30. The van der Waals surface area contributed by atoms with E-state index in [1.807, 2.05) is 30.3 Å². The number of rotatable bonds is 5. The van der Waals surface area contributed by atoms with E-state index in [-0.39, 0.29) is 30.3 Å². The van der Waals surface area contributed by atoms with Crippen LogP contribution in [0.4, 0.5) is 0 Å². The first kappa shape index (κ1) is 18.6. The van der Waals surface area contributed by atoms with Gasteiger partial charge in [0.15, 0.2) is 5.82 Å². The Kier molecular flexibility index (Phi) is 5.13. The average Bonchev–Trinajstić information content (AvgIpc) is 3.00. The first-order chi connectivity index (χ1) is 13.5. The maximum absolute atomic E-state index is 12.8. The second kappa shape index (κ2) is 7.71. The molecule has 8 heteroatoms. The second-order valence-electron chi connectivity index (χ2n) is 7.76. The molecule has 4 heterocycles. The van der Waals surface area contributed by atoms with Gasteiger partial charge >= 0.3 is 0 Å². The normalized spacial score (nSPS) is 22.4. The largest absolute Gasteiger partial charge is 0.347 e. The minimum Gasteiger partial charge on any atom is -0.347 e. The van der Waals surface area contributed by atoms with Gasteiger partial charge in [-0.1, -0.05) is 23.4 Å². The molecule has 1 aromatic carbocycles. The summed E-state index contributed by atoms with van der Waals surface area (Å²) in [5.41, 5.74) is 0.890. The van der Waals surface area contributed by atoms with Gasteiger partial charge in [-0.3, -0.25) is 14.5 Å². The first-order valence-electron chi connectivity index (χ1n) is 9.62. The monoisotopic (exact) mass is 383 g/mol. The Morgan fingerprint density at radius 3 is 2.75 bits per heavy atom. The molecule has 2 bridgehead atoms. The lowest BCUT2D eigenvalue weighted by Gasteiger charge is -2.36. The highest BCUT2D eigenvalue weighted by molar-refractivity contribution is 5.86. The molecule has 28 heavy (non-hydrogen) atoms. The van der Waals surface area contributed by atoms with Crippen LogP contribution in [0.1, 0.15) is 18.7 Å². The Labute approximate surface area is 164 Å². The highest BCUT2D eigenvalue weighted by Gasteiger charge is 2.41. The van der Waals surface area contributed by atoms with Crippen LogP contribution in [0.3, 0.4) is 0 Å². The van der Waals surface area contributed by atoms with Crippen molar-refractivity contribution in [3.63, 3.8) is 0 Å². The number of aromatic nitrogens is 2. The van der Waals surface area contributed by atoms with E-state index < -0.39 is 0 Å². The summed E-state index contributed by atoms with van der Waals surface area (Å²) in [6.45, 7) is 2.07. The van der Waals surface area contributed by atoms with Crippen molar-refractivity contribution in [1.29, 1.82) is 0 Å². The molecule has 5 rings (SSSR count). The lowest BCUT2D eigenvalue weighted by Crippen LogP contribution is -2.51. The molecule has 0 saturated carbocycles. The molecule has 2 atom stereocenters. The molecule has 3 aliphatic heterocycles. The predicted octanol–water partition coefficient (Wildman–Crippen LogP) is 1.25. The number of fused-ring (bicyclic) bond motifs is 4. The third kappa shape index (κ3) is 3.77. The van der Waals surface area contributed by atoms with Gasteiger partial charge in [0, 0.05) is 38.8 Å². The van der Waals surface area contributed by atoms with Gasteiger partial charge in [0.2, 0.25) is 11.8 Å². The number of benzene rings is 1. The van der Waals surface area contributed by atoms with Crippen LogP contribution in [0, 0.1) is 5.92 Å². The standard InChI is InChI=1S/C20H25N5O3/c1-23(2)18(26)13-25-16-9-8-15(20(25)27)10-24(11-16)12-17-21-19(28-22-17)14-6-4-3-5-7-14/h3-7,15-16H,8-13H2,1-2H3/t15-,16+/m0/s1. The van der Waals surface area contributed by atoms with Crippen molar-refractivity contribution in [2.45, 2.75) is 25.4 Å². The third-order valence-corrected chi connectivity index (χ3v) is 5.53. The van der Waals surface area contributed by atoms with Crippen molar-refractivity contribution < 1.29 is 14.1 Å². The van der Waals surface area contributed by atoms with Crippen LogP contribution in [0.5, 0.6) is 0 Å². The molecule has 2 amide bonds. The zero-order chi connectivity index (χ0) is 19.7. The summed E-state index contributed by atoms with van der Waals surface area (Å²) in [5, 5.41) is 4.11. The number of carbonyl (C=O) groups excluding carboxylic acids is 2. The summed E-state index contributed by atoms with van der Waals surface area (Å²) in [7, 11) is 3.44. The van der Waals surface area contributed by atoms with Crippen LogP contribution < -0.4 is 0 Å². The van der Waals surface area contributed by atoms with E-state index in [1.165, 1.54) is 4.90 Å². The summed E-state index contributed by atoms with van der Waals surface area (Å²) >= 11 is 0. The van der Waals surface area contributed by atoms with Crippen LogP contribution in [0.2, 0.25) is 0 Å². The molecule has 0 aliphatic carbocycles. The van der Waals surface area contributed by atoms with Crippen molar-refractivity contribution in [2.24, 2.45) is 5.92 Å². The molecule has 148 valence electrons. The van der Waals surface area contributed by atoms with E-state index in [0.29, 0.717) is 24.8 Å². The van der Waals surface area contributed by atoms with Crippen molar-refractivity contribution in [1.82, 2.24) is 24.8 Å². The van der Waals surface area contributed by atoms with Gasteiger partial charge in [-0.25, -0.2) is 0 Å². The third-order valence-electron chi connectivity index (χ3n) is 5.53. The van der Waals surface area contributed by atoms with Crippen LogP contribution in [-0.4, -0.2) is 76.4 Å². The van der Waals surface area contributed by atoms with Gasteiger partial charge < -0.3 is 14.3 Å². The summed E-state index contributed by atoms with van der Waals surface area (Å²) < 4.78 is 5.40. The SMILES string of the molecule is CN(C)C(=O)CN1C(=O)[C@H]2CC[C@@H]1CN(Cc1noc(-c3ccccc3)n1)C2. The summed E-state index contributed by atoms with van der Waals surface area (Å²) in [6, 6.07) is 9.72. The summed E-state index contributed by atoms with van der Waals surface area (Å²) in [4.78, 5) is 35.0. The Bertz CT molecular complexity index is 851. The number of hydrogen-bond acceptors (Lipinski definition) is 6. The Morgan fingerprint density at radius 1 is 1.21 bits per heavy atom. The number of piperidine rings is 1. The van der Waals surface area contributed by atoms with Crippen molar-refractivity contribution >= 4 is 11.8 Å². The van der Waals surface area contributed by atoms with Crippen LogP contribution >= 0.6 is 0 Å². The van der Waals surface area contributed by atoms with E-state index in [4.69, 9.17) is 4.52 Å². The van der Waals surface area contributed by atoms with E-state index >= 15 is 0 Å². The molecule has 1 aromatic heterocycles. The van der Waals surface area contributed by atoms with Gasteiger partial charge in [-0.05, 0) is 25.0 Å². The quantitative estimate of drug-likeness (QED) is 0.773. The van der Waals surface area contributed by atoms with E-state index in [2.05, 4.69) is 15.0 Å². The maximum Gasteiger partial charge on any atom is 0.257 e. The molecule has 2 aromatic rings. The van der Waals surface area contributed by atoms with Crippen LogP contribution in [0.25, 0.3) is 11.5 Å². The molecule has 3 saturated heterocycles. The van der Waals surface area contributed by atoms with E-state index in [9.17, 15) is 9.59 Å². The molecule has 3 fully saturated rings. The fraction of sp³-hybridized carbons (Fsp3) is 0.500. The van der Waals surface area contributed by atoms with Crippen molar-refractivity contribution in [3.05, 3.63) is 36.2 Å². The van der Waals surface area contributed by atoms with Gasteiger partial charge in [0.1, 0.15) is 6.54 Å². The molecule has 0 unspecified atom stereocenters. The smallest absolute Gasteiger partial charge is 0.257 e. The molecule has 0 spiro atoms. The zero-order valence-corrected chi connectivity index (χ0v) is 16.2. The van der Waals surface area contributed by atoms with Crippen LogP contribution in [-0.2, 0) is 16.1 Å². The molecular weight excluding hydrogens is 358 g/mol. The second-order valence-corrected chi connectivity index (χ2v) is 7.76. The molecule has 3 aliphatic rings. The fourth-order valence-electron chi connectivity index (χ4n) is 3.97. The molecule has 0 N–H and O–H groups in total. The number of likely N-dealkylation sites (N-methyl/N-ethyl adjacent to an activating group) is 1. The highest BCUT2D eigenvalue weighted by atomic mass is 16.5. The molecule has 0 radical (unpaired) electrons. The predicted molar refractivity (Wildman–Crippen MR) is 102 cm³/mol. The zero-order valence-electron chi connectivity index (χ0n) is 16.2. The number of amides is 2. The molecular formula is C20H25N5O3. The Balaban J connectivity index is 1.45. The summed E-state index contributed by atoms with van der Waals surface area (Å²) in [5.74, 6) is 1.09. The Morgan fingerprint density at radius 2 is 2.00 bits per heavy atom. The van der Waals surface area contributed by atoms with Gasteiger partial charge in [-0.15, -0.1) is 0 Å².